The van der Waals surface area contributed by atoms with Crippen LogP contribution < -0.4 is 20.8 Å². The van der Waals surface area contributed by atoms with E-state index in [4.69, 9.17) is 9.15 Å². The van der Waals surface area contributed by atoms with E-state index in [2.05, 4.69) is 10.3 Å². The van der Waals surface area contributed by atoms with Crippen LogP contribution in [0.2, 0.25) is 0 Å². The molecule has 2 aromatic heterocycles. The summed E-state index contributed by atoms with van der Waals surface area (Å²) in [6.45, 7) is 3.21. The summed E-state index contributed by atoms with van der Waals surface area (Å²) >= 11 is 0. The highest BCUT2D eigenvalue weighted by atomic mass is 16.5. The number of ether oxygens (including phenoxy) is 1. The molecule has 9 nitrogen and oxygen atoms in total. The summed E-state index contributed by atoms with van der Waals surface area (Å²) in [4.78, 5) is 40.1. The fourth-order valence-electron chi connectivity index (χ4n) is 4.47. The van der Waals surface area contributed by atoms with E-state index in [1.165, 1.54) is 19.1 Å². The molecule has 0 unspecified atom stereocenters. The first kappa shape index (κ1) is 23.9. The Labute approximate surface area is 210 Å². The Balaban J connectivity index is 1.36. The minimum Gasteiger partial charge on any atom is -0.548 e. The fraction of sp³-hybridized carbons (Fsp3) is 0.179. The highest BCUT2D eigenvalue weighted by molar-refractivity contribution is 6.05. The second kappa shape index (κ2) is 9.34. The molecule has 2 atom stereocenters. The van der Waals surface area contributed by atoms with Crippen molar-refractivity contribution in [3.05, 3.63) is 82.3 Å². The minimum atomic E-state index is -1.45. The zero-order chi connectivity index (χ0) is 26.3. The van der Waals surface area contributed by atoms with E-state index in [1.54, 1.807) is 43.5 Å². The first-order valence-corrected chi connectivity index (χ1v) is 11.6. The van der Waals surface area contributed by atoms with Gasteiger partial charge in [-0.1, -0.05) is 18.2 Å². The lowest BCUT2D eigenvalue weighted by Gasteiger charge is -2.23. The van der Waals surface area contributed by atoms with E-state index in [9.17, 15) is 24.6 Å². The van der Waals surface area contributed by atoms with Crippen molar-refractivity contribution in [1.29, 1.82) is 0 Å². The van der Waals surface area contributed by atoms with Gasteiger partial charge in [0.25, 0.3) is 5.91 Å². The topological polar surface area (TPSA) is 145 Å². The molecule has 3 aromatic carbocycles. The number of phenols is 1. The maximum atomic E-state index is 12.9. The molecule has 37 heavy (non-hydrogen) atoms. The molecule has 3 N–H and O–H groups in total. The SMILES string of the molecule is Cc1c(O[C@@H](C)C(=O)N[C@@H](Cc2c[nH]c3ccc(O)cc23)C(=O)[O-])ccc2c1oc(=O)c1ccccc12. The van der Waals surface area contributed by atoms with Crippen LogP contribution >= 0.6 is 0 Å². The summed E-state index contributed by atoms with van der Waals surface area (Å²) in [5.74, 6) is -1.74. The molecule has 188 valence electrons. The standard InChI is InChI=1S/C28H24N2O7/c1-14-24(10-8-19-18-5-3-4-6-20(18)28(35)37-25(14)19)36-15(2)26(32)30-23(27(33)34)11-16-13-29-22-9-7-17(31)12-21(16)22/h3-10,12-13,15,23,29,31H,11H2,1-2H3,(H,30,32)(H,33,34)/p-1/t15-,23-/m0/s1. The third kappa shape index (κ3) is 4.47. The second-order valence-electron chi connectivity index (χ2n) is 8.89. The van der Waals surface area contributed by atoms with Gasteiger partial charge in [0.1, 0.15) is 17.1 Å². The zero-order valence-electron chi connectivity index (χ0n) is 20.0. The number of aromatic nitrogens is 1. The number of hydrogen-bond acceptors (Lipinski definition) is 7. The number of carbonyl (C=O) groups excluding carboxylic acids is 2. The third-order valence-electron chi connectivity index (χ3n) is 6.44. The number of rotatable bonds is 7. The predicted octanol–water partition coefficient (Wildman–Crippen LogP) is 2.69. The molecule has 0 spiro atoms. The summed E-state index contributed by atoms with van der Waals surface area (Å²) in [6, 6.07) is 13.9. The van der Waals surface area contributed by atoms with Crippen molar-refractivity contribution in [3.63, 3.8) is 0 Å². The quantitative estimate of drug-likeness (QED) is 0.231. The lowest BCUT2D eigenvalue weighted by Crippen LogP contribution is -2.52. The van der Waals surface area contributed by atoms with Crippen LogP contribution in [0.15, 0.2) is 70.0 Å². The number of H-pyrrole nitrogens is 1. The van der Waals surface area contributed by atoms with E-state index in [0.29, 0.717) is 33.2 Å². The number of benzene rings is 3. The van der Waals surface area contributed by atoms with Gasteiger partial charge in [-0.2, -0.15) is 0 Å². The molecule has 0 aliphatic heterocycles. The molecule has 9 heteroatoms. The van der Waals surface area contributed by atoms with Gasteiger partial charge in [-0.05, 0) is 61.2 Å². The Hall–Kier alpha value is -4.79. The van der Waals surface area contributed by atoms with Gasteiger partial charge in [-0.3, -0.25) is 4.79 Å². The lowest BCUT2D eigenvalue weighted by molar-refractivity contribution is -0.308. The molecular formula is C28H23N2O7-. The number of carbonyl (C=O) groups is 2. The summed E-state index contributed by atoms with van der Waals surface area (Å²) in [5, 5.41) is 26.7. The first-order chi connectivity index (χ1) is 17.7. The number of aliphatic carboxylic acids is 1. The van der Waals surface area contributed by atoms with Crippen molar-refractivity contribution in [3.8, 4) is 11.5 Å². The number of hydrogen-bond donors (Lipinski definition) is 3. The van der Waals surface area contributed by atoms with Crippen LogP contribution in [-0.2, 0) is 16.0 Å². The molecule has 0 aliphatic carbocycles. The van der Waals surface area contributed by atoms with Crippen LogP contribution in [0.1, 0.15) is 18.1 Å². The van der Waals surface area contributed by atoms with Crippen molar-refractivity contribution in [1.82, 2.24) is 10.3 Å². The average molecular weight is 499 g/mol. The van der Waals surface area contributed by atoms with Gasteiger partial charge in [0.15, 0.2) is 6.10 Å². The minimum absolute atomic E-state index is 0.0407. The third-order valence-corrected chi connectivity index (χ3v) is 6.44. The molecule has 5 aromatic rings. The smallest absolute Gasteiger partial charge is 0.344 e. The molecule has 0 bridgehead atoms. The van der Waals surface area contributed by atoms with Crippen LogP contribution in [0.5, 0.6) is 11.5 Å². The molecular weight excluding hydrogens is 476 g/mol. The van der Waals surface area contributed by atoms with Crippen molar-refractivity contribution >= 4 is 44.5 Å². The predicted molar refractivity (Wildman–Crippen MR) is 135 cm³/mol. The van der Waals surface area contributed by atoms with Crippen molar-refractivity contribution in [2.24, 2.45) is 0 Å². The summed E-state index contributed by atoms with van der Waals surface area (Å²) in [5.41, 5.74) is 1.73. The highest BCUT2D eigenvalue weighted by Gasteiger charge is 2.23. The first-order valence-electron chi connectivity index (χ1n) is 11.6. The Kier molecular flexibility index (Phi) is 6.04. The molecule has 0 radical (unpaired) electrons. The van der Waals surface area contributed by atoms with Crippen molar-refractivity contribution in [2.75, 3.05) is 0 Å². The average Bonchev–Trinajstić information content (AvgIpc) is 3.27. The summed E-state index contributed by atoms with van der Waals surface area (Å²) in [7, 11) is 0. The number of amides is 1. The molecule has 2 heterocycles. The van der Waals surface area contributed by atoms with Crippen LogP contribution in [-0.4, -0.2) is 34.1 Å². The summed E-state index contributed by atoms with van der Waals surface area (Å²) < 4.78 is 11.4. The normalized spacial score (nSPS) is 13.0. The highest BCUT2D eigenvalue weighted by Crippen LogP contribution is 2.31. The van der Waals surface area contributed by atoms with Gasteiger partial charge in [-0.25, -0.2) is 4.79 Å². The van der Waals surface area contributed by atoms with Crippen LogP contribution in [0.4, 0.5) is 0 Å². The fourth-order valence-corrected chi connectivity index (χ4v) is 4.47. The molecule has 5 rings (SSSR count). The van der Waals surface area contributed by atoms with Gasteiger partial charge in [0.2, 0.25) is 0 Å². The number of carboxylic acids is 1. The number of aromatic hydroxyl groups is 1. The van der Waals surface area contributed by atoms with Gasteiger partial charge >= 0.3 is 5.63 Å². The van der Waals surface area contributed by atoms with Gasteiger partial charge in [-0.15, -0.1) is 0 Å². The number of aromatic amines is 1. The van der Waals surface area contributed by atoms with Gasteiger partial charge in [0, 0.05) is 34.5 Å². The van der Waals surface area contributed by atoms with E-state index < -0.39 is 29.6 Å². The van der Waals surface area contributed by atoms with E-state index in [-0.39, 0.29) is 12.2 Å². The number of carboxylic acid groups (broad SMARTS) is 1. The largest absolute Gasteiger partial charge is 0.548 e. The van der Waals surface area contributed by atoms with Gasteiger partial charge < -0.3 is 34.5 Å². The van der Waals surface area contributed by atoms with E-state index >= 15 is 0 Å². The molecule has 0 fully saturated rings. The zero-order valence-corrected chi connectivity index (χ0v) is 20.0. The van der Waals surface area contributed by atoms with E-state index in [0.717, 1.165) is 16.3 Å². The van der Waals surface area contributed by atoms with Crippen LogP contribution in [0.25, 0.3) is 32.6 Å². The molecule has 0 aliphatic rings. The number of nitrogens with one attached hydrogen (secondary N) is 2. The van der Waals surface area contributed by atoms with Crippen LogP contribution in [0, 0.1) is 6.92 Å². The molecule has 1 amide bonds. The number of phenolic OH excluding ortho intramolecular Hbond substituents is 1. The van der Waals surface area contributed by atoms with Crippen LogP contribution in [0.3, 0.4) is 0 Å². The number of fused-ring (bicyclic) bond motifs is 4. The maximum Gasteiger partial charge on any atom is 0.344 e. The lowest BCUT2D eigenvalue weighted by atomic mass is 10.0. The van der Waals surface area contributed by atoms with Crippen molar-refractivity contribution < 1.29 is 29.0 Å². The Bertz CT molecular complexity index is 1730. The molecule has 0 saturated carbocycles. The number of aryl methyl sites for hydroxylation is 1. The second-order valence-corrected chi connectivity index (χ2v) is 8.89. The Morgan fingerprint density at radius 2 is 1.84 bits per heavy atom. The van der Waals surface area contributed by atoms with Crippen molar-refractivity contribution in [2.45, 2.75) is 32.4 Å². The van der Waals surface area contributed by atoms with E-state index in [1.807, 2.05) is 12.1 Å². The Morgan fingerprint density at radius 1 is 1.08 bits per heavy atom. The molecule has 0 saturated heterocycles. The summed E-state index contributed by atoms with van der Waals surface area (Å²) in [6.07, 6.45) is 0.511. The Morgan fingerprint density at radius 3 is 2.59 bits per heavy atom. The maximum absolute atomic E-state index is 12.9. The monoisotopic (exact) mass is 499 g/mol. The van der Waals surface area contributed by atoms with Gasteiger partial charge in [0.05, 0.1) is 17.4 Å².